The molecule has 1 aromatic carbocycles. The molecule has 0 unspecified atom stereocenters. The molecular formula is C13H10F2N2O2. The topological polar surface area (TPSA) is 51.2 Å². The van der Waals surface area contributed by atoms with Crippen LogP contribution in [0.25, 0.3) is 0 Å². The van der Waals surface area contributed by atoms with E-state index < -0.39 is 17.8 Å². The molecule has 0 aliphatic carbocycles. The van der Waals surface area contributed by atoms with Gasteiger partial charge in [0.25, 0.3) is 5.91 Å². The fourth-order valence-corrected chi connectivity index (χ4v) is 1.54. The van der Waals surface area contributed by atoms with Gasteiger partial charge in [0.05, 0.1) is 12.8 Å². The van der Waals surface area contributed by atoms with E-state index in [1.807, 2.05) is 0 Å². The van der Waals surface area contributed by atoms with E-state index in [-0.39, 0.29) is 5.56 Å². The van der Waals surface area contributed by atoms with E-state index in [4.69, 9.17) is 4.74 Å². The standard InChI is InChI=1S/C13H10F2N2O2/c1-19-10-5-3-2-4-9(10)16-13(18)8-6-11(14)17-12(15)7-8/h2-7H,1H3,(H,16,18). The molecule has 1 amide bonds. The lowest BCUT2D eigenvalue weighted by atomic mass is 10.2. The highest BCUT2D eigenvalue weighted by molar-refractivity contribution is 6.04. The van der Waals surface area contributed by atoms with Crippen LogP contribution in [0.1, 0.15) is 10.4 Å². The summed E-state index contributed by atoms with van der Waals surface area (Å²) in [5.41, 5.74) is 0.253. The van der Waals surface area contributed by atoms with Crippen molar-refractivity contribution in [3.63, 3.8) is 0 Å². The number of aromatic nitrogens is 1. The molecule has 0 atom stereocenters. The molecule has 0 aliphatic rings. The van der Waals surface area contributed by atoms with Gasteiger partial charge in [0.1, 0.15) is 5.75 Å². The van der Waals surface area contributed by atoms with Crippen molar-refractivity contribution in [3.8, 4) is 5.75 Å². The first-order chi connectivity index (χ1) is 9.10. The Hall–Kier alpha value is -2.50. The number of hydrogen-bond donors (Lipinski definition) is 1. The van der Waals surface area contributed by atoms with Crippen LogP contribution in [-0.2, 0) is 0 Å². The number of methoxy groups -OCH3 is 1. The molecule has 1 aromatic heterocycles. The predicted octanol–water partition coefficient (Wildman–Crippen LogP) is 2.62. The molecule has 0 spiro atoms. The smallest absolute Gasteiger partial charge is 0.256 e. The normalized spacial score (nSPS) is 10.1. The van der Waals surface area contributed by atoms with Crippen LogP contribution in [0.4, 0.5) is 14.5 Å². The number of nitrogens with one attached hydrogen (secondary N) is 1. The molecular weight excluding hydrogens is 254 g/mol. The van der Waals surface area contributed by atoms with Gasteiger partial charge < -0.3 is 10.1 Å². The fourth-order valence-electron chi connectivity index (χ4n) is 1.54. The van der Waals surface area contributed by atoms with E-state index in [9.17, 15) is 13.6 Å². The second-order valence-corrected chi connectivity index (χ2v) is 3.66. The molecule has 0 radical (unpaired) electrons. The molecule has 0 fully saturated rings. The third kappa shape index (κ3) is 3.04. The summed E-state index contributed by atoms with van der Waals surface area (Å²) >= 11 is 0. The van der Waals surface area contributed by atoms with Gasteiger partial charge in [-0.25, -0.2) is 0 Å². The molecule has 19 heavy (non-hydrogen) atoms. The average Bonchev–Trinajstić information content (AvgIpc) is 2.38. The molecule has 0 bridgehead atoms. The highest BCUT2D eigenvalue weighted by atomic mass is 19.1. The Balaban J connectivity index is 2.25. The van der Waals surface area contributed by atoms with Gasteiger partial charge in [-0.3, -0.25) is 4.79 Å². The quantitative estimate of drug-likeness (QED) is 0.867. The molecule has 98 valence electrons. The van der Waals surface area contributed by atoms with Gasteiger partial charge in [-0.05, 0) is 12.1 Å². The number of amides is 1. The second-order valence-electron chi connectivity index (χ2n) is 3.66. The molecule has 1 N–H and O–H groups in total. The van der Waals surface area contributed by atoms with Crippen molar-refractivity contribution >= 4 is 11.6 Å². The van der Waals surface area contributed by atoms with Crippen LogP contribution >= 0.6 is 0 Å². The number of carbonyl (C=O) groups excluding carboxylic acids is 1. The Kier molecular flexibility index (Phi) is 3.70. The largest absolute Gasteiger partial charge is 0.495 e. The number of hydrogen-bond acceptors (Lipinski definition) is 3. The van der Waals surface area contributed by atoms with E-state index in [0.717, 1.165) is 12.1 Å². The molecule has 4 nitrogen and oxygen atoms in total. The molecule has 1 heterocycles. The molecule has 2 aromatic rings. The third-order valence-electron chi connectivity index (χ3n) is 2.38. The SMILES string of the molecule is COc1ccccc1NC(=O)c1cc(F)nc(F)c1. The highest BCUT2D eigenvalue weighted by Crippen LogP contribution is 2.23. The average molecular weight is 264 g/mol. The van der Waals surface area contributed by atoms with E-state index in [0.29, 0.717) is 11.4 Å². The van der Waals surface area contributed by atoms with Crippen LogP contribution in [0, 0.1) is 11.9 Å². The maximum Gasteiger partial charge on any atom is 0.256 e. The number of anilines is 1. The van der Waals surface area contributed by atoms with Gasteiger partial charge in [-0.15, -0.1) is 0 Å². The van der Waals surface area contributed by atoms with Gasteiger partial charge >= 0.3 is 0 Å². The zero-order valence-corrected chi connectivity index (χ0v) is 9.98. The number of ether oxygens (including phenoxy) is 1. The number of para-hydroxylation sites is 2. The number of halogens is 2. The minimum atomic E-state index is -1.05. The first kappa shape index (κ1) is 12.9. The maximum atomic E-state index is 12.9. The van der Waals surface area contributed by atoms with Crippen molar-refractivity contribution in [3.05, 3.63) is 53.9 Å². The number of nitrogens with zero attached hydrogens (tertiary/aromatic N) is 1. The summed E-state index contributed by atoms with van der Waals surface area (Å²) in [6.45, 7) is 0. The molecule has 0 saturated heterocycles. The summed E-state index contributed by atoms with van der Waals surface area (Å²) < 4.78 is 30.9. The lowest BCUT2D eigenvalue weighted by Gasteiger charge is -2.09. The Morgan fingerprint density at radius 3 is 2.47 bits per heavy atom. The van der Waals surface area contributed by atoms with E-state index in [2.05, 4.69) is 10.3 Å². The molecule has 2 rings (SSSR count). The first-order valence-electron chi connectivity index (χ1n) is 5.37. The van der Waals surface area contributed by atoms with E-state index >= 15 is 0 Å². The van der Waals surface area contributed by atoms with Crippen molar-refractivity contribution in [2.24, 2.45) is 0 Å². The molecule has 0 saturated carbocycles. The van der Waals surface area contributed by atoms with Crippen molar-refractivity contribution in [1.29, 1.82) is 0 Å². The minimum absolute atomic E-state index is 0.157. The van der Waals surface area contributed by atoms with Gasteiger partial charge in [0, 0.05) is 17.7 Å². The van der Waals surface area contributed by atoms with Crippen molar-refractivity contribution in [2.45, 2.75) is 0 Å². The molecule has 6 heteroatoms. The summed E-state index contributed by atoms with van der Waals surface area (Å²) in [5.74, 6) is -2.30. The van der Waals surface area contributed by atoms with E-state index in [1.54, 1.807) is 24.3 Å². The van der Waals surface area contributed by atoms with Crippen LogP contribution in [0.5, 0.6) is 5.75 Å². The first-order valence-corrected chi connectivity index (χ1v) is 5.37. The Bertz CT molecular complexity index is 597. The number of carbonyl (C=O) groups is 1. The van der Waals surface area contributed by atoms with Crippen molar-refractivity contribution < 1.29 is 18.3 Å². The van der Waals surface area contributed by atoms with Gasteiger partial charge in [0.2, 0.25) is 11.9 Å². The second kappa shape index (κ2) is 5.43. The summed E-state index contributed by atoms with van der Waals surface area (Å²) in [6, 6.07) is 8.42. The Morgan fingerprint density at radius 1 is 1.21 bits per heavy atom. The number of benzene rings is 1. The van der Waals surface area contributed by atoms with Crippen LogP contribution < -0.4 is 10.1 Å². The number of rotatable bonds is 3. The van der Waals surface area contributed by atoms with E-state index in [1.165, 1.54) is 7.11 Å². The lowest BCUT2D eigenvalue weighted by molar-refractivity contribution is 0.102. The summed E-state index contributed by atoms with van der Waals surface area (Å²) in [6.07, 6.45) is 0. The van der Waals surface area contributed by atoms with Crippen LogP contribution in [-0.4, -0.2) is 18.0 Å². The lowest BCUT2D eigenvalue weighted by Crippen LogP contribution is -2.13. The minimum Gasteiger partial charge on any atom is -0.495 e. The summed E-state index contributed by atoms with van der Waals surface area (Å²) in [7, 11) is 1.46. The fraction of sp³-hybridized carbons (Fsp3) is 0.0769. The van der Waals surface area contributed by atoms with Crippen molar-refractivity contribution in [1.82, 2.24) is 4.98 Å². The van der Waals surface area contributed by atoms with Crippen molar-refractivity contribution in [2.75, 3.05) is 12.4 Å². The summed E-state index contributed by atoms with van der Waals surface area (Å²) in [5, 5.41) is 2.51. The van der Waals surface area contributed by atoms with Gasteiger partial charge in [-0.1, -0.05) is 12.1 Å². The zero-order chi connectivity index (χ0) is 13.8. The number of pyridine rings is 1. The Morgan fingerprint density at radius 2 is 1.84 bits per heavy atom. The molecule has 0 aliphatic heterocycles. The van der Waals surface area contributed by atoms with Crippen LogP contribution in [0.2, 0.25) is 0 Å². The zero-order valence-electron chi connectivity index (χ0n) is 9.98. The predicted molar refractivity (Wildman–Crippen MR) is 65.1 cm³/mol. The van der Waals surface area contributed by atoms with Gasteiger partial charge in [-0.2, -0.15) is 13.8 Å². The maximum absolute atomic E-state index is 12.9. The highest BCUT2D eigenvalue weighted by Gasteiger charge is 2.12. The third-order valence-corrected chi connectivity index (χ3v) is 2.38. The summed E-state index contributed by atoms with van der Waals surface area (Å²) in [4.78, 5) is 14.8. The van der Waals surface area contributed by atoms with Crippen LogP contribution in [0.15, 0.2) is 36.4 Å². The van der Waals surface area contributed by atoms with Gasteiger partial charge in [0.15, 0.2) is 0 Å². The monoisotopic (exact) mass is 264 g/mol. The van der Waals surface area contributed by atoms with Crippen LogP contribution in [0.3, 0.4) is 0 Å². The Labute approximate surface area is 108 Å².